The van der Waals surface area contributed by atoms with Crippen LogP contribution in [-0.2, 0) is 42.7 Å². The highest BCUT2D eigenvalue weighted by atomic mass is 16.7. The SMILES string of the molecule is C=C1C[C@](OC)([C@H](O)C(=O)N[C@H]2OCO[C@H]3[C@@H]2O[C@H](C[C@@H](/C=C/C/C=C/C=C/C(=O)O)OC)C(C)(C)[C@@H]3OC)O[C@H](C)[C@@H]1C. The molecular formula is C32H49NO11. The van der Waals surface area contributed by atoms with Crippen molar-refractivity contribution in [3.63, 3.8) is 0 Å². The normalized spacial score (nSPS) is 35.5. The van der Waals surface area contributed by atoms with E-state index < -0.39 is 59.8 Å². The average molecular weight is 624 g/mol. The number of aliphatic hydroxyl groups is 1. The number of carboxylic acids is 1. The Hall–Kier alpha value is -2.42. The fraction of sp³-hybridized carbons (Fsp3) is 0.688. The van der Waals surface area contributed by atoms with Gasteiger partial charge in [0.15, 0.2) is 12.3 Å². The predicted molar refractivity (Wildman–Crippen MR) is 160 cm³/mol. The predicted octanol–water partition coefficient (Wildman–Crippen LogP) is 2.86. The Morgan fingerprint density at radius 2 is 1.86 bits per heavy atom. The minimum atomic E-state index is -1.67. The lowest BCUT2D eigenvalue weighted by Crippen LogP contribution is -2.69. The van der Waals surface area contributed by atoms with Crippen LogP contribution in [-0.4, -0.2) is 105 Å². The van der Waals surface area contributed by atoms with Crippen molar-refractivity contribution in [1.82, 2.24) is 5.32 Å². The molecule has 3 saturated heterocycles. The molecule has 3 aliphatic rings. The number of fused-ring (bicyclic) bond motifs is 1. The second kappa shape index (κ2) is 15.7. The molecule has 0 aromatic heterocycles. The zero-order chi connectivity index (χ0) is 32.7. The molecule has 3 N–H and O–H groups in total. The molecule has 0 aliphatic carbocycles. The molecule has 3 rings (SSSR count). The van der Waals surface area contributed by atoms with Gasteiger partial charge in [0.1, 0.15) is 19.0 Å². The van der Waals surface area contributed by atoms with Gasteiger partial charge in [-0.1, -0.05) is 63.3 Å². The van der Waals surface area contributed by atoms with Crippen LogP contribution in [0.25, 0.3) is 0 Å². The highest BCUT2D eigenvalue weighted by Crippen LogP contribution is 2.44. The number of carbonyl (C=O) groups is 2. The van der Waals surface area contributed by atoms with Crippen LogP contribution >= 0.6 is 0 Å². The summed E-state index contributed by atoms with van der Waals surface area (Å²) in [6.07, 6.45) is 5.69. The van der Waals surface area contributed by atoms with Crippen LogP contribution in [0.15, 0.2) is 48.6 Å². The number of carboxylic acid groups (broad SMARTS) is 1. The largest absolute Gasteiger partial charge is 0.478 e. The summed E-state index contributed by atoms with van der Waals surface area (Å²) in [5, 5.41) is 22.6. The van der Waals surface area contributed by atoms with Crippen molar-refractivity contribution in [2.24, 2.45) is 11.3 Å². The first-order chi connectivity index (χ1) is 20.8. The van der Waals surface area contributed by atoms with Gasteiger partial charge in [-0.3, -0.25) is 4.79 Å². The van der Waals surface area contributed by atoms with Gasteiger partial charge >= 0.3 is 5.97 Å². The maximum absolute atomic E-state index is 13.4. The van der Waals surface area contributed by atoms with Gasteiger partial charge in [0.2, 0.25) is 5.79 Å². The number of nitrogens with one attached hydrogen (secondary N) is 1. The van der Waals surface area contributed by atoms with E-state index in [9.17, 15) is 14.7 Å². The van der Waals surface area contributed by atoms with Gasteiger partial charge in [-0.05, 0) is 13.3 Å². The molecule has 0 radical (unpaired) electrons. The molecule has 0 spiro atoms. The first-order valence-corrected chi connectivity index (χ1v) is 14.9. The van der Waals surface area contributed by atoms with Crippen LogP contribution in [0.1, 0.15) is 47.0 Å². The van der Waals surface area contributed by atoms with E-state index in [0.717, 1.165) is 11.6 Å². The zero-order valence-corrected chi connectivity index (χ0v) is 26.8. The minimum Gasteiger partial charge on any atom is -0.478 e. The van der Waals surface area contributed by atoms with Crippen molar-refractivity contribution in [1.29, 1.82) is 0 Å². The molecule has 0 saturated carbocycles. The number of carbonyl (C=O) groups excluding carboxylic acids is 1. The van der Waals surface area contributed by atoms with Crippen LogP contribution < -0.4 is 5.32 Å². The summed E-state index contributed by atoms with van der Waals surface area (Å²) in [6.45, 7) is 11.9. The average Bonchev–Trinajstić information content (AvgIpc) is 2.98. The van der Waals surface area contributed by atoms with Crippen LogP contribution in [0.3, 0.4) is 0 Å². The lowest BCUT2D eigenvalue weighted by molar-refractivity contribution is -0.332. The summed E-state index contributed by atoms with van der Waals surface area (Å²) < 4.78 is 41.6. The summed E-state index contributed by atoms with van der Waals surface area (Å²) in [5.41, 5.74) is 0.299. The number of hydrogen-bond donors (Lipinski definition) is 3. The topological polar surface area (TPSA) is 151 Å². The molecule has 0 bridgehead atoms. The molecule has 0 unspecified atom stereocenters. The maximum Gasteiger partial charge on any atom is 0.328 e. The van der Waals surface area contributed by atoms with Gasteiger partial charge in [0, 0.05) is 51.6 Å². The molecule has 12 heteroatoms. The second-order valence-electron chi connectivity index (χ2n) is 12.1. The summed E-state index contributed by atoms with van der Waals surface area (Å²) in [7, 11) is 4.61. The van der Waals surface area contributed by atoms with E-state index >= 15 is 0 Å². The van der Waals surface area contributed by atoms with Crippen molar-refractivity contribution in [3.8, 4) is 0 Å². The molecule has 3 heterocycles. The standard InChI is InChI=1S/C32H49NO11/c1-19-17-32(40-8,44-21(3)20(19)2)27(36)29(37)33-30-26-25(41-18-42-30)28(39-7)31(4,5)23(43-26)16-22(38-6)14-12-10-9-11-13-15-24(34)35/h9,11-15,20-23,25-28,30,36H,1,10,16-18H2,2-8H3,(H,33,37)(H,34,35)/b11-9+,14-12+,15-13+/t20-,21-,22-,23-,25+,26+,27-,28-,30+,32-/m1/s1. The molecule has 1 amide bonds. The third kappa shape index (κ3) is 8.24. The monoisotopic (exact) mass is 623 g/mol. The highest BCUT2D eigenvalue weighted by molar-refractivity contribution is 5.82. The van der Waals surface area contributed by atoms with Gasteiger partial charge in [0.25, 0.3) is 5.91 Å². The van der Waals surface area contributed by atoms with Gasteiger partial charge in [-0.15, -0.1) is 0 Å². The molecule has 12 nitrogen and oxygen atoms in total. The lowest BCUT2D eigenvalue weighted by atomic mass is 9.72. The summed E-state index contributed by atoms with van der Waals surface area (Å²) in [6, 6.07) is 0. The summed E-state index contributed by atoms with van der Waals surface area (Å²) >= 11 is 0. The van der Waals surface area contributed by atoms with Crippen LogP contribution in [0, 0.1) is 11.3 Å². The second-order valence-corrected chi connectivity index (χ2v) is 12.1. The van der Waals surface area contributed by atoms with Crippen molar-refractivity contribution in [3.05, 3.63) is 48.6 Å². The van der Waals surface area contributed by atoms with Crippen LogP contribution in [0.5, 0.6) is 0 Å². The number of ether oxygens (including phenoxy) is 7. The van der Waals surface area contributed by atoms with Crippen molar-refractivity contribution < 1.29 is 53.0 Å². The number of rotatable bonds is 13. The Morgan fingerprint density at radius 3 is 2.48 bits per heavy atom. The van der Waals surface area contributed by atoms with Crippen molar-refractivity contribution in [2.45, 2.75) is 102 Å². The van der Waals surface area contributed by atoms with E-state index in [0.29, 0.717) is 12.8 Å². The Labute approximate surface area is 260 Å². The van der Waals surface area contributed by atoms with Gasteiger partial charge in [0.05, 0.1) is 24.4 Å². The van der Waals surface area contributed by atoms with Crippen LogP contribution in [0.4, 0.5) is 0 Å². The Bertz CT molecular complexity index is 1090. The van der Waals surface area contributed by atoms with E-state index in [-0.39, 0.29) is 31.3 Å². The zero-order valence-electron chi connectivity index (χ0n) is 26.8. The van der Waals surface area contributed by atoms with E-state index in [2.05, 4.69) is 11.9 Å². The number of amides is 1. The molecule has 44 heavy (non-hydrogen) atoms. The van der Waals surface area contributed by atoms with Gasteiger partial charge in [-0.25, -0.2) is 4.79 Å². The number of aliphatic hydroxyl groups excluding tert-OH is 1. The molecule has 248 valence electrons. The Morgan fingerprint density at radius 1 is 1.14 bits per heavy atom. The first kappa shape index (κ1) is 36.1. The molecule has 3 aliphatic heterocycles. The maximum atomic E-state index is 13.4. The Balaban J connectivity index is 1.74. The molecule has 10 atom stereocenters. The lowest BCUT2D eigenvalue weighted by Gasteiger charge is -2.54. The van der Waals surface area contributed by atoms with E-state index in [1.54, 1.807) is 20.3 Å². The fourth-order valence-electron chi connectivity index (χ4n) is 6.00. The van der Waals surface area contributed by atoms with Crippen molar-refractivity contribution in [2.75, 3.05) is 28.1 Å². The van der Waals surface area contributed by atoms with E-state index in [1.165, 1.54) is 13.2 Å². The Kier molecular flexibility index (Phi) is 12.9. The molecule has 0 aromatic carbocycles. The van der Waals surface area contributed by atoms with E-state index in [1.807, 2.05) is 45.9 Å². The number of aliphatic carboxylic acids is 1. The molecule has 3 fully saturated rings. The first-order valence-electron chi connectivity index (χ1n) is 14.9. The number of allylic oxidation sites excluding steroid dienone is 4. The number of hydrogen-bond acceptors (Lipinski definition) is 10. The quantitative estimate of drug-likeness (QED) is 0.158. The summed E-state index contributed by atoms with van der Waals surface area (Å²) in [4.78, 5) is 24.0. The minimum absolute atomic E-state index is 0.0400. The third-order valence-electron chi connectivity index (χ3n) is 8.93. The van der Waals surface area contributed by atoms with Gasteiger partial charge in [-0.2, -0.15) is 0 Å². The summed E-state index contributed by atoms with van der Waals surface area (Å²) in [5.74, 6) is -3.30. The molecular weight excluding hydrogens is 574 g/mol. The number of methoxy groups -OCH3 is 3. The molecule has 0 aromatic rings. The van der Waals surface area contributed by atoms with Crippen molar-refractivity contribution >= 4 is 11.9 Å². The smallest absolute Gasteiger partial charge is 0.328 e. The van der Waals surface area contributed by atoms with E-state index in [4.69, 9.17) is 38.3 Å². The highest BCUT2D eigenvalue weighted by Gasteiger charge is 2.57. The fourth-order valence-corrected chi connectivity index (χ4v) is 6.00. The van der Waals surface area contributed by atoms with Gasteiger partial charge < -0.3 is 48.7 Å². The van der Waals surface area contributed by atoms with Crippen LogP contribution in [0.2, 0.25) is 0 Å². The third-order valence-corrected chi connectivity index (χ3v) is 8.93.